The second kappa shape index (κ2) is 6.22. The number of aromatic nitrogens is 2. The first kappa shape index (κ1) is 14.0. The summed E-state index contributed by atoms with van der Waals surface area (Å²) >= 11 is 3.53. The van der Waals surface area contributed by atoms with Gasteiger partial charge in [-0.05, 0) is 42.3 Å². The molecule has 0 aliphatic heterocycles. The minimum Gasteiger partial charge on any atom is -0.378 e. The molecule has 0 spiro atoms. The van der Waals surface area contributed by atoms with Crippen molar-refractivity contribution in [2.24, 2.45) is 0 Å². The van der Waals surface area contributed by atoms with Crippen LogP contribution in [0.1, 0.15) is 24.9 Å². The van der Waals surface area contributed by atoms with Crippen LogP contribution in [0.25, 0.3) is 11.0 Å². The Hall–Kier alpha value is -1.94. The zero-order valence-corrected chi connectivity index (χ0v) is 13.3. The van der Waals surface area contributed by atoms with Crippen LogP contribution in [0, 0.1) is 0 Å². The zero-order valence-electron chi connectivity index (χ0n) is 11.8. The van der Waals surface area contributed by atoms with Crippen molar-refractivity contribution in [1.82, 2.24) is 9.97 Å². The number of fused-ring (bicyclic) bond motifs is 1. The Labute approximate surface area is 132 Å². The Bertz CT molecular complexity index is 758. The highest BCUT2D eigenvalue weighted by Crippen LogP contribution is 2.26. The van der Waals surface area contributed by atoms with E-state index in [9.17, 15) is 0 Å². The van der Waals surface area contributed by atoms with E-state index in [0.29, 0.717) is 0 Å². The van der Waals surface area contributed by atoms with Gasteiger partial charge in [-0.1, -0.05) is 35.0 Å². The molecule has 4 heteroatoms. The highest BCUT2D eigenvalue weighted by Gasteiger charge is 2.10. The van der Waals surface area contributed by atoms with Crippen molar-refractivity contribution in [3.05, 3.63) is 64.9 Å². The quantitative estimate of drug-likeness (QED) is 0.729. The van der Waals surface area contributed by atoms with Crippen LogP contribution in [0.5, 0.6) is 0 Å². The van der Waals surface area contributed by atoms with E-state index in [0.717, 1.165) is 27.6 Å². The lowest BCUT2D eigenvalue weighted by Gasteiger charge is -2.19. The Morgan fingerprint density at radius 1 is 1.05 bits per heavy atom. The zero-order chi connectivity index (χ0) is 14.7. The maximum Gasteiger partial charge on any atom is 0.0907 e. The summed E-state index contributed by atoms with van der Waals surface area (Å²) in [5, 5.41) is 3.58. The predicted molar refractivity (Wildman–Crippen MR) is 90.3 cm³/mol. The summed E-state index contributed by atoms with van der Waals surface area (Å²) in [6, 6.07) is 14.8. The van der Waals surface area contributed by atoms with Gasteiger partial charge in [-0.2, -0.15) is 0 Å². The summed E-state index contributed by atoms with van der Waals surface area (Å²) in [6.07, 6.45) is 4.44. The number of nitrogens with one attached hydrogen (secondary N) is 1. The van der Waals surface area contributed by atoms with Crippen LogP contribution in [-0.2, 0) is 0 Å². The number of halogens is 1. The molecule has 1 aromatic heterocycles. The first-order chi connectivity index (χ1) is 10.3. The van der Waals surface area contributed by atoms with Crippen LogP contribution in [0.3, 0.4) is 0 Å². The van der Waals surface area contributed by atoms with Gasteiger partial charge in [-0.3, -0.25) is 9.97 Å². The first-order valence-corrected chi connectivity index (χ1v) is 7.78. The number of nitrogens with zero attached hydrogens (tertiary/aromatic N) is 2. The average Bonchev–Trinajstić information content (AvgIpc) is 2.52. The van der Waals surface area contributed by atoms with Crippen molar-refractivity contribution in [2.75, 3.05) is 5.32 Å². The minimum absolute atomic E-state index is 0.275. The van der Waals surface area contributed by atoms with E-state index in [1.807, 2.05) is 18.2 Å². The lowest BCUT2D eigenvalue weighted by Crippen LogP contribution is -2.09. The third-order valence-electron chi connectivity index (χ3n) is 3.47. The van der Waals surface area contributed by atoms with E-state index < -0.39 is 0 Å². The topological polar surface area (TPSA) is 37.8 Å². The molecule has 21 heavy (non-hydrogen) atoms. The number of anilines is 1. The van der Waals surface area contributed by atoms with Crippen LogP contribution < -0.4 is 5.32 Å². The lowest BCUT2D eigenvalue weighted by atomic mass is 10.0. The molecule has 3 aromatic rings. The molecule has 0 saturated heterocycles. The van der Waals surface area contributed by atoms with Crippen molar-refractivity contribution < 1.29 is 0 Å². The van der Waals surface area contributed by atoms with Crippen molar-refractivity contribution in [3.63, 3.8) is 0 Å². The van der Waals surface area contributed by atoms with Gasteiger partial charge < -0.3 is 5.32 Å². The molecule has 0 saturated carbocycles. The molecule has 0 fully saturated rings. The number of hydrogen-bond acceptors (Lipinski definition) is 3. The van der Waals surface area contributed by atoms with E-state index in [1.54, 1.807) is 12.4 Å². The Morgan fingerprint density at radius 2 is 1.86 bits per heavy atom. The molecule has 0 amide bonds. The van der Waals surface area contributed by atoms with Crippen LogP contribution in [0.15, 0.2) is 59.3 Å². The van der Waals surface area contributed by atoms with Crippen LogP contribution in [0.2, 0.25) is 0 Å². The molecule has 0 aliphatic carbocycles. The molecule has 3 nitrogen and oxygen atoms in total. The van der Waals surface area contributed by atoms with Gasteiger partial charge in [0.2, 0.25) is 0 Å². The summed E-state index contributed by atoms with van der Waals surface area (Å²) in [7, 11) is 0. The summed E-state index contributed by atoms with van der Waals surface area (Å²) in [6.45, 7) is 2.18. The maximum atomic E-state index is 4.35. The van der Waals surface area contributed by atoms with Gasteiger partial charge >= 0.3 is 0 Å². The second-order valence-electron chi connectivity index (χ2n) is 4.92. The fraction of sp³-hybridized carbons (Fsp3) is 0.176. The van der Waals surface area contributed by atoms with E-state index in [4.69, 9.17) is 0 Å². The van der Waals surface area contributed by atoms with Crippen LogP contribution in [-0.4, -0.2) is 9.97 Å². The molecule has 0 bridgehead atoms. The van der Waals surface area contributed by atoms with Crippen LogP contribution in [0.4, 0.5) is 5.69 Å². The Morgan fingerprint density at radius 3 is 2.62 bits per heavy atom. The summed E-state index contributed by atoms with van der Waals surface area (Å²) < 4.78 is 1.10. The van der Waals surface area contributed by atoms with Crippen molar-refractivity contribution in [3.8, 4) is 0 Å². The SMILES string of the molecule is CCC(Nc1ccc2nccnc2c1)c1cccc(Br)c1. The van der Waals surface area contributed by atoms with Crippen molar-refractivity contribution in [1.29, 1.82) is 0 Å². The van der Waals surface area contributed by atoms with Gasteiger partial charge in [0.1, 0.15) is 0 Å². The van der Waals surface area contributed by atoms with Crippen LogP contribution >= 0.6 is 15.9 Å². The highest BCUT2D eigenvalue weighted by molar-refractivity contribution is 9.10. The first-order valence-electron chi connectivity index (χ1n) is 6.99. The number of benzene rings is 2. The monoisotopic (exact) mass is 341 g/mol. The third-order valence-corrected chi connectivity index (χ3v) is 3.96. The molecular formula is C17H16BrN3. The molecule has 0 aliphatic rings. The minimum atomic E-state index is 0.275. The molecule has 1 atom stereocenters. The number of hydrogen-bond donors (Lipinski definition) is 1. The highest BCUT2D eigenvalue weighted by atomic mass is 79.9. The van der Waals surface area contributed by atoms with E-state index in [1.165, 1.54) is 5.56 Å². The van der Waals surface area contributed by atoms with Gasteiger partial charge in [0.15, 0.2) is 0 Å². The fourth-order valence-corrected chi connectivity index (χ4v) is 2.82. The van der Waals surface area contributed by atoms with Gasteiger partial charge in [0.05, 0.1) is 17.1 Å². The molecule has 1 heterocycles. The molecule has 0 radical (unpaired) electrons. The van der Waals surface area contributed by atoms with Gasteiger partial charge in [0.25, 0.3) is 0 Å². The largest absolute Gasteiger partial charge is 0.378 e. The van der Waals surface area contributed by atoms with Crippen molar-refractivity contribution >= 4 is 32.7 Å². The van der Waals surface area contributed by atoms with E-state index in [2.05, 4.69) is 62.4 Å². The maximum absolute atomic E-state index is 4.35. The fourth-order valence-electron chi connectivity index (χ4n) is 2.40. The Balaban J connectivity index is 1.88. The molecule has 1 N–H and O–H groups in total. The predicted octanol–water partition coefficient (Wildman–Crippen LogP) is 4.96. The molecule has 106 valence electrons. The van der Waals surface area contributed by atoms with E-state index >= 15 is 0 Å². The van der Waals surface area contributed by atoms with Gasteiger partial charge in [-0.15, -0.1) is 0 Å². The van der Waals surface area contributed by atoms with Gasteiger partial charge in [-0.25, -0.2) is 0 Å². The molecule has 1 unspecified atom stereocenters. The number of rotatable bonds is 4. The smallest absolute Gasteiger partial charge is 0.0907 e. The molecule has 3 rings (SSSR count). The lowest BCUT2D eigenvalue weighted by molar-refractivity contribution is 0.749. The molecular weight excluding hydrogens is 326 g/mol. The second-order valence-corrected chi connectivity index (χ2v) is 5.84. The Kier molecular flexibility index (Phi) is 4.15. The standard InChI is InChI=1S/C17H16BrN3/c1-2-15(12-4-3-5-13(18)10-12)21-14-6-7-16-17(11-14)20-9-8-19-16/h3-11,15,21H,2H2,1H3. The van der Waals surface area contributed by atoms with Gasteiger partial charge in [0, 0.05) is 22.6 Å². The van der Waals surface area contributed by atoms with Crippen molar-refractivity contribution in [2.45, 2.75) is 19.4 Å². The molecule has 2 aromatic carbocycles. The average molecular weight is 342 g/mol. The summed E-state index contributed by atoms with van der Waals surface area (Å²) in [5.74, 6) is 0. The van der Waals surface area contributed by atoms with E-state index in [-0.39, 0.29) is 6.04 Å². The summed E-state index contributed by atoms with van der Waals surface area (Å²) in [5.41, 5.74) is 4.16. The third kappa shape index (κ3) is 3.22. The normalized spacial score (nSPS) is 12.3. The summed E-state index contributed by atoms with van der Waals surface area (Å²) in [4.78, 5) is 8.65.